The van der Waals surface area contributed by atoms with E-state index < -0.39 is 23.1 Å². The number of nitriles is 1. The van der Waals surface area contributed by atoms with Gasteiger partial charge in [0.05, 0.1) is 29.8 Å². The molecule has 1 aromatic carbocycles. The van der Waals surface area contributed by atoms with E-state index in [0.29, 0.717) is 29.8 Å². The molecule has 32 heavy (non-hydrogen) atoms. The molecule has 2 aromatic heterocycles. The lowest BCUT2D eigenvalue weighted by Gasteiger charge is -2.17. The Bertz CT molecular complexity index is 1390. The molecular weight excluding hydrogens is 459 g/mol. The average molecular weight is 477 g/mol. The molecule has 0 spiro atoms. The van der Waals surface area contributed by atoms with Gasteiger partial charge in [-0.3, -0.25) is 18.7 Å². The molecule has 8 nitrogen and oxygen atoms in total. The van der Waals surface area contributed by atoms with Crippen molar-refractivity contribution in [1.82, 2.24) is 14.5 Å². The van der Waals surface area contributed by atoms with E-state index in [0.717, 1.165) is 22.0 Å². The number of hydrogen-bond donors (Lipinski definition) is 1. The smallest absolute Gasteiger partial charge is 0.332 e. The number of benzene rings is 1. The van der Waals surface area contributed by atoms with Crippen molar-refractivity contribution in [3.8, 4) is 22.3 Å². The monoisotopic (exact) mass is 476 g/mol. The van der Waals surface area contributed by atoms with E-state index in [2.05, 4.69) is 5.32 Å². The molecule has 1 N–H and O–H groups in total. The summed E-state index contributed by atoms with van der Waals surface area (Å²) >= 11 is 7.33. The number of halogens is 2. The fourth-order valence-electron chi connectivity index (χ4n) is 3.89. The molecule has 1 fully saturated rings. The van der Waals surface area contributed by atoms with Crippen LogP contribution in [0.1, 0.15) is 25.3 Å². The quantitative estimate of drug-likeness (QED) is 0.623. The van der Waals surface area contributed by atoms with Crippen molar-refractivity contribution >= 4 is 39.1 Å². The summed E-state index contributed by atoms with van der Waals surface area (Å²) in [4.78, 5) is 39.1. The first-order valence-corrected chi connectivity index (χ1v) is 11.0. The first-order valence-electron chi connectivity index (χ1n) is 9.81. The van der Waals surface area contributed by atoms with Crippen molar-refractivity contribution in [2.75, 3.05) is 13.7 Å². The molecule has 11 heteroatoms. The van der Waals surface area contributed by atoms with E-state index in [1.807, 2.05) is 6.07 Å². The van der Waals surface area contributed by atoms with Crippen LogP contribution in [0.25, 0.3) is 20.7 Å². The average Bonchev–Trinajstić information content (AvgIpc) is 3.08. The number of carbonyl (C=O) groups excluding carboxylic acids is 1. The normalized spacial score (nSPS) is 16.4. The minimum absolute atomic E-state index is 0.00638. The van der Waals surface area contributed by atoms with Gasteiger partial charge in [-0.2, -0.15) is 5.26 Å². The molecule has 4 rings (SSSR count). The van der Waals surface area contributed by atoms with Crippen molar-refractivity contribution in [2.45, 2.75) is 31.8 Å². The number of ether oxygens (including phenoxy) is 1. The van der Waals surface area contributed by atoms with Crippen LogP contribution in [0.2, 0.25) is 5.02 Å². The second-order valence-electron chi connectivity index (χ2n) is 7.34. The molecule has 1 amide bonds. The topological polar surface area (TPSA) is 106 Å². The highest BCUT2D eigenvalue weighted by Crippen LogP contribution is 2.39. The van der Waals surface area contributed by atoms with Crippen LogP contribution in [0, 0.1) is 17.1 Å². The highest BCUT2D eigenvalue weighted by atomic mass is 35.5. The Hall–Kier alpha value is -3.16. The van der Waals surface area contributed by atoms with E-state index in [9.17, 15) is 24.0 Å². The van der Waals surface area contributed by atoms with E-state index in [1.54, 1.807) is 6.07 Å². The summed E-state index contributed by atoms with van der Waals surface area (Å²) in [6.45, 7) is 0.206. The number of amides is 1. The minimum Gasteiger partial charge on any atom is -0.494 e. The summed E-state index contributed by atoms with van der Waals surface area (Å²) in [7, 11) is 1.33. The lowest BCUT2D eigenvalue weighted by molar-refractivity contribution is -0.121. The Labute approximate surface area is 190 Å². The zero-order chi connectivity index (χ0) is 23.0. The lowest BCUT2D eigenvalue weighted by Crippen LogP contribution is -2.42. The Balaban J connectivity index is 1.97. The summed E-state index contributed by atoms with van der Waals surface area (Å²) in [6.07, 6.45) is 1.11. The van der Waals surface area contributed by atoms with Crippen LogP contribution < -0.4 is 21.3 Å². The number of methoxy groups -OCH3 is 1. The lowest BCUT2D eigenvalue weighted by atomic mass is 10.1. The van der Waals surface area contributed by atoms with Crippen molar-refractivity contribution < 1.29 is 13.9 Å². The molecular formula is C21H18ClFN4O4S. The Kier molecular flexibility index (Phi) is 6.04. The van der Waals surface area contributed by atoms with Gasteiger partial charge in [-0.15, -0.1) is 11.3 Å². The van der Waals surface area contributed by atoms with Crippen molar-refractivity contribution in [2.24, 2.45) is 0 Å². The van der Waals surface area contributed by atoms with Gasteiger partial charge in [0.15, 0.2) is 11.6 Å². The molecule has 3 aromatic rings. The van der Waals surface area contributed by atoms with Gasteiger partial charge in [-0.1, -0.05) is 11.6 Å². The van der Waals surface area contributed by atoms with Crippen molar-refractivity contribution in [3.63, 3.8) is 0 Å². The molecule has 1 saturated heterocycles. The maximum atomic E-state index is 14.0. The molecule has 0 bridgehead atoms. The summed E-state index contributed by atoms with van der Waals surface area (Å²) in [5.74, 6) is -0.876. The van der Waals surface area contributed by atoms with Crippen LogP contribution in [0.5, 0.6) is 5.75 Å². The summed E-state index contributed by atoms with van der Waals surface area (Å²) in [5, 5.41) is 12.1. The van der Waals surface area contributed by atoms with Gasteiger partial charge in [0.2, 0.25) is 5.91 Å². The van der Waals surface area contributed by atoms with Crippen molar-refractivity contribution in [1.29, 1.82) is 5.26 Å². The third kappa shape index (κ3) is 3.78. The Morgan fingerprint density at radius 3 is 2.84 bits per heavy atom. The molecule has 1 aliphatic heterocycles. The molecule has 0 unspecified atom stereocenters. The minimum atomic E-state index is -0.643. The van der Waals surface area contributed by atoms with Gasteiger partial charge < -0.3 is 10.1 Å². The standard InChI is InChI=1S/C21H18ClFN4O4S/c1-31-16-8-12(13(22)9-14(16)23)17-10-15-19(32-17)20(29)27(21(30)26(15)6-4-24)11-3-2-5-25-18(28)7-11/h8-11H,2-3,5-7H2,1H3,(H,25,28)/t11-/m1/s1. The fourth-order valence-corrected chi connectivity index (χ4v) is 5.33. The van der Waals surface area contributed by atoms with Gasteiger partial charge in [-0.05, 0) is 31.0 Å². The molecule has 0 aliphatic carbocycles. The first kappa shape index (κ1) is 22.0. The van der Waals surface area contributed by atoms with E-state index in [1.165, 1.54) is 17.7 Å². The number of fused-ring (bicyclic) bond motifs is 1. The predicted octanol–water partition coefficient (Wildman–Crippen LogP) is 3.06. The maximum absolute atomic E-state index is 14.0. The second kappa shape index (κ2) is 8.76. The number of nitrogens with zero attached hydrogens (tertiary/aromatic N) is 3. The molecule has 0 radical (unpaired) electrons. The van der Waals surface area contributed by atoms with Gasteiger partial charge >= 0.3 is 5.69 Å². The van der Waals surface area contributed by atoms with Crippen LogP contribution in [0.15, 0.2) is 27.8 Å². The number of hydrogen-bond acceptors (Lipinski definition) is 6. The van der Waals surface area contributed by atoms with Gasteiger partial charge in [0.1, 0.15) is 11.2 Å². The van der Waals surface area contributed by atoms with Crippen molar-refractivity contribution in [3.05, 3.63) is 49.9 Å². The molecule has 1 aliphatic rings. The zero-order valence-corrected chi connectivity index (χ0v) is 18.6. The number of nitrogens with one attached hydrogen (secondary N) is 1. The number of aromatic nitrogens is 2. The van der Waals surface area contributed by atoms with E-state index >= 15 is 0 Å². The first-order chi connectivity index (χ1) is 15.3. The van der Waals surface area contributed by atoms with Gasteiger partial charge in [0.25, 0.3) is 5.56 Å². The largest absolute Gasteiger partial charge is 0.494 e. The molecule has 0 saturated carbocycles. The summed E-state index contributed by atoms with van der Waals surface area (Å²) < 4.78 is 21.6. The van der Waals surface area contributed by atoms with Crippen LogP contribution in [-0.4, -0.2) is 28.7 Å². The van der Waals surface area contributed by atoms with E-state index in [-0.39, 0.29) is 39.9 Å². The summed E-state index contributed by atoms with van der Waals surface area (Å²) in [6, 6.07) is 5.47. The maximum Gasteiger partial charge on any atom is 0.332 e. The third-order valence-electron chi connectivity index (χ3n) is 5.41. The number of rotatable bonds is 4. The Morgan fingerprint density at radius 2 is 2.12 bits per heavy atom. The summed E-state index contributed by atoms with van der Waals surface area (Å²) in [5.41, 5.74) is -0.451. The highest BCUT2D eigenvalue weighted by molar-refractivity contribution is 7.22. The van der Waals surface area contributed by atoms with Gasteiger partial charge in [-0.25, -0.2) is 9.18 Å². The number of carbonyl (C=O) groups is 1. The third-order valence-corrected chi connectivity index (χ3v) is 6.87. The van der Waals surface area contributed by atoms with Crippen LogP contribution in [0.4, 0.5) is 4.39 Å². The molecule has 3 heterocycles. The van der Waals surface area contributed by atoms with E-state index in [4.69, 9.17) is 16.3 Å². The number of thiophene rings is 1. The SMILES string of the molecule is COc1cc(-c2cc3c(s2)c(=O)n([C@@H]2CCCNC(=O)C2)c(=O)n3CC#N)c(Cl)cc1F. The second-order valence-corrected chi connectivity index (χ2v) is 8.80. The van der Waals surface area contributed by atoms with Gasteiger partial charge in [0, 0.05) is 23.4 Å². The molecule has 1 atom stereocenters. The Morgan fingerprint density at radius 1 is 1.34 bits per heavy atom. The zero-order valence-electron chi connectivity index (χ0n) is 17.0. The molecule has 166 valence electrons. The van der Waals surface area contributed by atoms with Crippen LogP contribution in [0.3, 0.4) is 0 Å². The predicted molar refractivity (Wildman–Crippen MR) is 119 cm³/mol. The van der Waals surface area contributed by atoms with Crippen LogP contribution in [-0.2, 0) is 11.3 Å². The van der Waals surface area contributed by atoms with Crippen LogP contribution >= 0.6 is 22.9 Å². The highest BCUT2D eigenvalue weighted by Gasteiger charge is 2.26. The fraction of sp³-hybridized carbons (Fsp3) is 0.333.